The molecule has 0 bridgehead atoms. The van der Waals surface area contributed by atoms with Gasteiger partial charge in [-0.1, -0.05) is 33.3 Å². The number of rotatable bonds is 3. The zero-order valence-corrected chi connectivity index (χ0v) is 13.5. The van der Waals surface area contributed by atoms with Gasteiger partial charge in [-0.25, -0.2) is 4.98 Å². The SMILES string of the molecule is COc1ccc(C)cc1Nc1nc2ccc(Br)cc2s1. The van der Waals surface area contributed by atoms with Crippen LogP contribution in [0.5, 0.6) is 5.75 Å². The third kappa shape index (κ3) is 2.64. The molecule has 0 aliphatic carbocycles. The second-order valence-electron chi connectivity index (χ2n) is 4.46. The van der Waals surface area contributed by atoms with Gasteiger partial charge in [0.2, 0.25) is 0 Å². The summed E-state index contributed by atoms with van der Waals surface area (Å²) in [4.78, 5) is 4.59. The summed E-state index contributed by atoms with van der Waals surface area (Å²) >= 11 is 5.10. The predicted octanol–water partition coefficient (Wildman–Crippen LogP) is 5.12. The smallest absolute Gasteiger partial charge is 0.188 e. The predicted molar refractivity (Wildman–Crippen MR) is 88.3 cm³/mol. The van der Waals surface area contributed by atoms with E-state index in [-0.39, 0.29) is 0 Å². The number of halogens is 1. The maximum atomic E-state index is 5.37. The van der Waals surface area contributed by atoms with E-state index in [2.05, 4.69) is 45.3 Å². The third-order valence-corrected chi connectivity index (χ3v) is 4.37. The fraction of sp³-hybridized carbons (Fsp3) is 0.133. The summed E-state index contributed by atoms with van der Waals surface area (Å²) in [5.41, 5.74) is 3.11. The quantitative estimate of drug-likeness (QED) is 0.713. The van der Waals surface area contributed by atoms with Crippen LogP contribution in [0.2, 0.25) is 0 Å². The van der Waals surface area contributed by atoms with E-state index < -0.39 is 0 Å². The van der Waals surface area contributed by atoms with Crippen LogP contribution in [-0.2, 0) is 0 Å². The Bertz CT molecular complexity index is 770. The molecule has 2 aromatic carbocycles. The molecule has 0 unspecified atom stereocenters. The molecule has 1 heterocycles. The number of hydrogen-bond acceptors (Lipinski definition) is 4. The molecule has 0 amide bonds. The number of hydrogen-bond donors (Lipinski definition) is 1. The highest BCUT2D eigenvalue weighted by Gasteiger charge is 2.08. The van der Waals surface area contributed by atoms with Crippen LogP contribution in [-0.4, -0.2) is 12.1 Å². The molecule has 0 aliphatic rings. The van der Waals surface area contributed by atoms with Gasteiger partial charge < -0.3 is 10.1 Å². The zero-order valence-electron chi connectivity index (χ0n) is 11.1. The van der Waals surface area contributed by atoms with E-state index in [1.165, 1.54) is 5.56 Å². The molecule has 0 saturated carbocycles. The number of aryl methyl sites for hydroxylation is 1. The van der Waals surface area contributed by atoms with Crippen molar-refractivity contribution in [1.29, 1.82) is 0 Å². The Morgan fingerprint density at radius 2 is 2.05 bits per heavy atom. The molecule has 0 atom stereocenters. The van der Waals surface area contributed by atoms with Crippen LogP contribution in [0.3, 0.4) is 0 Å². The van der Waals surface area contributed by atoms with Crippen molar-refractivity contribution < 1.29 is 4.74 Å². The second-order valence-corrected chi connectivity index (χ2v) is 6.41. The van der Waals surface area contributed by atoms with E-state index in [9.17, 15) is 0 Å². The lowest BCUT2D eigenvalue weighted by Crippen LogP contribution is -1.94. The Morgan fingerprint density at radius 1 is 1.20 bits per heavy atom. The first kappa shape index (κ1) is 13.4. The summed E-state index contributed by atoms with van der Waals surface area (Å²) in [7, 11) is 1.67. The van der Waals surface area contributed by atoms with E-state index in [1.54, 1.807) is 18.4 Å². The van der Waals surface area contributed by atoms with Gasteiger partial charge in [0.15, 0.2) is 5.13 Å². The summed E-state index contributed by atoms with van der Waals surface area (Å²) < 4.78 is 7.58. The number of methoxy groups -OCH3 is 1. The number of benzene rings is 2. The zero-order chi connectivity index (χ0) is 14.1. The van der Waals surface area contributed by atoms with E-state index in [0.717, 1.165) is 31.3 Å². The lowest BCUT2D eigenvalue weighted by Gasteiger charge is -2.09. The monoisotopic (exact) mass is 348 g/mol. The minimum Gasteiger partial charge on any atom is -0.495 e. The van der Waals surface area contributed by atoms with Gasteiger partial charge in [0.05, 0.1) is 23.0 Å². The van der Waals surface area contributed by atoms with Crippen molar-refractivity contribution in [2.24, 2.45) is 0 Å². The molecule has 3 nitrogen and oxygen atoms in total. The summed E-state index contributed by atoms with van der Waals surface area (Å²) in [5, 5.41) is 4.20. The number of fused-ring (bicyclic) bond motifs is 1. The minimum absolute atomic E-state index is 0.816. The molecule has 0 fully saturated rings. The summed E-state index contributed by atoms with van der Waals surface area (Å²) in [6.45, 7) is 2.06. The van der Waals surface area contributed by atoms with E-state index in [4.69, 9.17) is 4.74 Å². The summed E-state index contributed by atoms with van der Waals surface area (Å²) in [6.07, 6.45) is 0. The number of aromatic nitrogens is 1. The second kappa shape index (κ2) is 5.42. The largest absolute Gasteiger partial charge is 0.495 e. The van der Waals surface area contributed by atoms with Crippen molar-refractivity contribution in [3.63, 3.8) is 0 Å². The van der Waals surface area contributed by atoms with Crippen molar-refractivity contribution in [1.82, 2.24) is 4.98 Å². The standard InChI is InChI=1S/C15H13BrN2OS/c1-9-3-6-13(19-2)12(7-9)18-15-17-11-5-4-10(16)8-14(11)20-15/h3-8H,1-2H3,(H,17,18). The van der Waals surface area contributed by atoms with Gasteiger partial charge in [0.25, 0.3) is 0 Å². The average molecular weight is 349 g/mol. The van der Waals surface area contributed by atoms with Gasteiger partial charge in [0, 0.05) is 4.47 Å². The topological polar surface area (TPSA) is 34.1 Å². The molecule has 0 spiro atoms. The van der Waals surface area contributed by atoms with E-state index >= 15 is 0 Å². The van der Waals surface area contributed by atoms with Crippen LogP contribution >= 0.6 is 27.3 Å². The average Bonchev–Trinajstić information content (AvgIpc) is 2.80. The maximum Gasteiger partial charge on any atom is 0.188 e. The summed E-state index contributed by atoms with van der Waals surface area (Å²) in [6, 6.07) is 12.1. The summed E-state index contributed by atoms with van der Waals surface area (Å²) in [5.74, 6) is 0.816. The molecule has 1 N–H and O–H groups in total. The van der Waals surface area contributed by atoms with Crippen LogP contribution in [0.25, 0.3) is 10.2 Å². The Morgan fingerprint density at radius 3 is 2.85 bits per heavy atom. The normalized spacial score (nSPS) is 10.8. The Hall–Kier alpha value is -1.59. The van der Waals surface area contributed by atoms with Crippen LogP contribution in [0.15, 0.2) is 40.9 Å². The Kier molecular flexibility index (Phi) is 3.63. The molecule has 0 radical (unpaired) electrons. The van der Waals surface area contributed by atoms with Crippen molar-refractivity contribution in [2.75, 3.05) is 12.4 Å². The fourth-order valence-corrected chi connectivity index (χ4v) is 3.42. The molecule has 1 aromatic heterocycles. The van der Waals surface area contributed by atoms with Crippen LogP contribution < -0.4 is 10.1 Å². The van der Waals surface area contributed by atoms with Gasteiger partial charge in [-0.3, -0.25) is 0 Å². The van der Waals surface area contributed by atoms with Crippen LogP contribution in [0, 0.1) is 6.92 Å². The molecule has 20 heavy (non-hydrogen) atoms. The first-order valence-electron chi connectivity index (χ1n) is 6.13. The number of thiazole rings is 1. The van der Waals surface area contributed by atoms with Crippen LogP contribution in [0.4, 0.5) is 10.8 Å². The Labute approximate surface area is 129 Å². The van der Waals surface area contributed by atoms with Gasteiger partial charge >= 0.3 is 0 Å². The maximum absolute atomic E-state index is 5.37. The van der Waals surface area contributed by atoms with Crippen LogP contribution in [0.1, 0.15) is 5.56 Å². The molecule has 0 saturated heterocycles. The van der Waals surface area contributed by atoms with E-state index in [0.29, 0.717) is 0 Å². The molecule has 3 rings (SSSR count). The third-order valence-electron chi connectivity index (χ3n) is 2.95. The Balaban J connectivity index is 1.98. The lowest BCUT2D eigenvalue weighted by atomic mass is 10.2. The number of nitrogens with zero attached hydrogens (tertiary/aromatic N) is 1. The van der Waals surface area contributed by atoms with E-state index in [1.807, 2.05) is 24.3 Å². The highest BCUT2D eigenvalue weighted by molar-refractivity contribution is 9.10. The van der Waals surface area contributed by atoms with Gasteiger partial charge in [-0.05, 0) is 42.8 Å². The molecule has 0 aliphatic heterocycles. The lowest BCUT2D eigenvalue weighted by molar-refractivity contribution is 0.416. The molecule has 5 heteroatoms. The number of ether oxygens (including phenoxy) is 1. The first-order chi connectivity index (χ1) is 9.65. The number of anilines is 2. The molecule has 102 valence electrons. The molecule has 3 aromatic rings. The highest BCUT2D eigenvalue weighted by atomic mass is 79.9. The van der Waals surface area contributed by atoms with Gasteiger partial charge in [-0.15, -0.1) is 0 Å². The fourth-order valence-electron chi connectivity index (χ4n) is 1.99. The van der Waals surface area contributed by atoms with Crippen molar-refractivity contribution >= 4 is 48.3 Å². The highest BCUT2D eigenvalue weighted by Crippen LogP contribution is 2.33. The van der Waals surface area contributed by atoms with Crippen molar-refractivity contribution in [2.45, 2.75) is 6.92 Å². The van der Waals surface area contributed by atoms with Gasteiger partial charge in [0.1, 0.15) is 5.75 Å². The first-order valence-corrected chi connectivity index (χ1v) is 7.74. The van der Waals surface area contributed by atoms with Gasteiger partial charge in [-0.2, -0.15) is 0 Å². The van der Waals surface area contributed by atoms with Crippen molar-refractivity contribution in [3.05, 3.63) is 46.4 Å². The minimum atomic E-state index is 0.816. The molecular formula is C15H13BrN2OS. The number of nitrogens with one attached hydrogen (secondary N) is 1. The molecular weight excluding hydrogens is 336 g/mol. The van der Waals surface area contributed by atoms with Crippen molar-refractivity contribution in [3.8, 4) is 5.75 Å².